The van der Waals surface area contributed by atoms with E-state index in [0.717, 1.165) is 24.0 Å². The Labute approximate surface area is 232 Å². The molecule has 0 unspecified atom stereocenters. The van der Waals surface area contributed by atoms with E-state index in [2.05, 4.69) is 15.4 Å². The van der Waals surface area contributed by atoms with Crippen molar-refractivity contribution in [2.24, 2.45) is 0 Å². The highest BCUT2D eigenvalue weighted by atomic mass is 19.1. The molecule has 1 amide bonds. The Morgan fingerprint density at radius 1 is 1.25 bits per heavy atom. The number of benzene rings is 1. The first kappa shape index (κ1) is 29.4. The molecule has 1 aromatic carbocycles. The van der Waals surface area contributed by atoms with Crippen molar-refractivity contribution in [3.63, 3.8) is 0 Å². The van der Waals surface area contributed by atoms with Gasteiger partial charge in [0.2, 0.25) is 0 Å². The third kappa shape index (κ3) is 6.10. The molecule has 1 aliphatic rings. The second kappa shape index (κ2) is 11.9. The molecule has 0 saturated heterocycles. The van der Waals surface area contributed by atoms with Crippen LogP contribution in [0.2, 0.25) is 0 Å². The lowest BCUT2D eigenvalue weighted by Gasteiger charge is -2.28. The van der Waals surface area contributed by atoms with Gasteiger partial charge in [-0.2, -0.15) is 5.10 Å². The summed E-state index contributed by atoms with van der Waals surface area (Å²) in [7, 11) is 0. The van der Waals surface area contributed by atoms with Gasteiger partial charge >= 0.3 is 5.97 Å². The Balaban J connectivity index is 1.93. The number of fused-ring (bicyclic) bond motifs is 2. The largest absolute Gasteiger partial charge is 0.490 e. The molecule has 216 valence electrons. The molecule has 4 rings (SSSR count). The van der Waals surface area contributed by atoms with Crippen molar-refractivity contribution in [1.29, 1.82) is 0 Å². The van der Waals surface area contributed by atoms with Crippen molar-refractivity contribution in [1.82, 2.24) is 19.9 Å². The minimum Gasteiger partial charge on any atom is -0.490 e. The fraction of sp³-hybridized carbons (Fsp3) is 0.517. The second-order valence-corrected chi connectivity index (χ2v) is 10.9. The van der Waals surface area contributed by atoms with E-state index in [0.29, 0.717) is 55.4 Å². The number of ether oxygens (including phenoxy) is 3. The molecular weight excluding hydrogens is 519 g/mol. The molecule has 2 N–H and O–H groups in total. The summed E-state index contributed by atoms with van der Waals surface area (Å²) in [5, 5.41) is 17.6. The molecule has 0 spiro atoms. The third-order valence-corrected chi connectivity index (χ3v) is 6.59. The number of halogens is 1. The normalized spacial score (nSPS) is 14.1. The van der Waals surface area contributed by atoms with Gasteiger partial charge in [0.15, 0.2) is 29.0 Å². The van der Waals surface area contributed by atoms with E-state index in [1.165, 1.54) is 16.6 Å². The number of amides is 1. The molecule has 1 atom stereocenters. The summed E-state index contributed by atoms with van der Waals surface area (Å²) in [6.07, 6.45) is 0.788. The molecule has 0 aliphatic carbocycles. The number of rotatable bonds is 10. The van der Waals surface area contributed by atoms with Crippen LogP contribution in [0.5, 0.6) is 5.75 Å². The third-order valence-electron chi connectivity index (χ3n) is 6.59. The fourth-order valence-electron chi connectivity index (χ4n) is 4.88. The highest BCUT2D eigenvalue weighted by Crippen LogP contribution is 2.41. The van der Waals surface area contributed by atoms with Gasteiger partial charge in [0.1, 0.15) is 0 Å². The lowest BCUT2D eigenvalue weighted by Crippen LogP contribution is -2.29. The average molecular weight is 557 g/mol. The van der Waals surface area contributed by atoms with Crippen LogP contribution in [0.3, 0.4) is 0 Å². The van der Waals surface area contributed by atoms with Crippen LogP contribution in [0.4, 0.5) is 4.39 Å². The number of carboxylic acids is 1. The van der Waals surface area contributed by atoms with Crippen LogP contribution in [0, 0.1) is 19.7 Å². The average Bonchev–Trinajstić information content (AvgIpc) is 3.32. The Kier molecular flexibility index (Phi) is 8.74. The minimum atomic E-state index is -1.43. The molecule has 10 nitrogen and oxygen atoms in total. The number of carbonyl (C=O) groups is 2. The van der Waals surface area contributed by atoms with Gasteiger partial charge in [-0.1, -0.05) is 6.92 Å². The van der Waals surface area contributed by atoms with Crippen LogP contribution in [0.25, 0.3) is 16.9 Å². The highest BCUT2D eigenvalue weighted by Gasteiger charge is 2.34. The van der Waals surface area contributed by atoms with E-state index in [1.807, 2.05) is 13.8 Å². The molecule has 1 aliphatic heterocycles. The SMILES string of the molecule is CCCOCCNC(=O)c1cc2nc(C)c([C@H](OC(C)(C)C)C(=O)O)c(-c3cc(F)c4c(c3C)CCCO4)n2n1. The summed E-state index contributed by atoms with van der Waals surface area (Å²) in [5.41, 5.74) is 2.37. The van der Waals surface area contributed by atoms with E-state index < -0.39 is 29.4 Å². The molecule has 0 bridgehead atoms. The van der Waals surface area contributed by atoms with E-state index in [4.69, 9.17) is 14.2 Å². The standard InChI is InChI=1S/C29H37FN4O6/c1-7-11-38-13-10-31-27(35)21-15-22-32-17(3)23(26(28(36)37)40-29(4,5)6)24(34(22)33-21)19-14-20(30)25-18(16(19)2)9-8-12-39-25/h14-15,26H,7-13H2,1-6H3,(H,31,35)(H,36,37)/t26-/m0/s1. The Bertz CT molecular complexity index is 1430. The zero-order valence-corrected chi connectivity index (χ0v) is 23.9. The number of carbonyl (C=O) groups excluding carboxylic acids is 1. The predicted octanol–water partition coefficient (Wildman–Crippen LogP) is 4.57. The fourth-order valence-corrected chi connectivity index (χ4v) is 4.88. The Hall–Kier alpha value is -3.57. The van der Waals surface area contributed by atoms with Crippen LogP contribution >= 0.6 is 0 Å². The summed E-state index contributed by atoms with van der Waals surface area (Å²) >= 11 is 0. The number of hydrogen-bond donors (Lipinski definition) is 2. The predicted molar refractivity (Wildman–Crippen MR) is 146 cm³/mol. The first-order chi connectivity index (χ1) is 18.9. The highest BCUT2D eigenvalue weighted by molar-refractivity contribution is 5.93. The summed E-state index contributed by atoms with van der Waals surface area (Å²) in [6.45, 7) is 12.5. The number of aromatic nitrogens is 3. The smallest absolute Gasteiger partial charge is 0.337 e. The first-order valence-electron chi connectivity index (χ1n) is 13.5. The lowest BCUT2D eigenvalue weighted by atomic mass is 9.91. The molecule has 2 aromatic heterocycles. The number of hydrogen-bond acceptors (Lipinski definition) is 7. The van der Waals surface area contributed by atoms with Gasteiger partial charge in [-0.05, 0) is 65.5 Å². The van der Waals surface area contributed by atoms with Crippen LogP contribution < -0.4 is 10.1 Å². The summed E-state index contributed by atoms with van der Waals surface area (Å²) in [6, 6.07) is 2.86. The van der Waals surface area contributed by atoms with Gasteiger partial charge in [0.25, 0.3) is 5.91 Å². The Morgan fingerprint density at radius 2 is 2.00 bits per heavy atom. The van der Waals surface area contributed by atoms with Crippen molar-refractivity contribution in [2.75, 3.05) is 26.4 Å². The monoisotopic (exact) mass is 556 g/mol. The van der Waals surface area contributed by atoms with E-state index >= 15 is 4.39 Å². The number of carboxylic acid groups (broad SMARTS) is 1. The molecule has 40 heavy (non-hydrogen) atoms. The minimum absolute atomic E-state index is 0.0869. The summed E-state index contributed by atoms with van der Waals surface area (Å²) in [4.78, 5) is 30.1. The van der Waals surface area contributed by atoms with E-state index in [9.17, 15) is 14.7 Å². The topological polar surface area (TPSA) is 124 Å². The van der Waals surface area contributed by atoms with Gasteiger partial charge in [0.05, 0.1) is 24.5 Å². The zero-order valence-electron chi connectivity index (χ0n) is 23.9. The molecule has 0 saturated carbocycles. The van der Waals surface area contributed by atoms with E-state index in [-0.39, 0.29) is 17.0 Å². The maximum atomic E-state index is 15.4. The van der Waals surface area contributed by atoms with Gasteiger partial charge < -0.3 is 24.6 Å². The van der Waals surface area contributed by atoms with Crippen molar-refractivity contribution in [3.8, 4) is 17.0 Å². The zero-order chi connectivity index (χ0) is 29.2. The van der Waals surface area contributed by atoms with E-state index in [1.54, 1.807) is 27.7 Å². The van der Waals surface area contributed by atoms with Crippen LogP contribution in [0.15, 0.2) is 12.1 Å². The van der Waals surface area contributed by atoms with Crippen molar-refractivity contribution in [2.45, 2.75) is 72.5 Å². The van der Waals surface area contributed by atoms with Crippen LogP contribution in [-0.4, -0.2) is 63.5 Å². The number of aliphatic carboxylic acids is 1. The van der Waals surface area contributed by atoms with Crippen molar-refractivity contribution in [3.05, 3.63) is 46.0 Å². The molecule has 11 heteroatoms. The van der Waals surface area contributed by atoms with Crippen molar-refractivity contribution >= 4 is 17.5 Å². The summed E-state index contributed by atoms with van der Waals surface area (Å²) < 4.78 is 33.9. The number of nitrogens with zero attached hydrogens (tertiary/aromatic N) is 3. The van der Waals surface area contributed by atoms with Gasteiger partial charge in [-0.15, -0.1) is 0 Å². The summed E-state index contributed by atoms with van der Waals surface area (Å²) in [5.74, 6) is -2.00. The maximum Gasteiger partial charge on any atom is 0.337 e. The lowest BCUT2D eigenvalue weighted by molar-refractivity contribution is -0.160. The van der Waals surface area contributed by atoms with Crippen LogP contribution in [-0.2, 0) is 20.7 Å². The van der Waals surface area contributed by atoms with Crippen LogP contribution in [0.1, 0.15) is 79.5 Å². The second-order valence-electron chi connectivity index (χ2n) is 10.9. The van der Waals surface area contributed by atoms with Gasteiger partial charge in [-0.25, -0.2) is 18.7 Å². The first-order valence-corrected chi connectivity index (χ1v) is 13.5. The molecule has 0 radical (unpaired) electrons. The van der Waals surface area contributed by atoms with Gasteiger partial charge in [-0.3, -0.25) is 4.79 Å². The van der Waals surface area contributed by atoms with Gasteiger partial charge in [0, 0.05) is 41.6 Å². The number of nitrogens with one attached hydrogen (secondary N) is 1. The molecule has 0 fully saturated rings. The van der Waals surface area contributed by atoms with Crippen molar-refractivity contribution < 1.29 is 33.3 Å². The maximum absolute atomic E-state index is 15.4. The number of aryl methyl sites for hydroxylation is 1. The molecular formula is C29H37FN4O6. The Morgan fingerprint density at radius 3 is 2.67 bits per heavy atom. The quantitative estimate of drug-likeness (QED) is 0.348. The molecule has 3 aromatic rings. The molecule has 3 heterocycles.